The fraction of sp³-hybridized carbons (Fsp3) is 0.462. The maximum absolute atomic E-state index is 11.8. The lowest BCUT2D eigenvalue weighted by Gasteiger charge is -2.15. The Morgan fingerprint density at radius 1 is 1.38 bits per heavy atom. The quantitative estimate of drug-likeness (QED) is 0.768. The van der Waals surface area contributed by atoms with Gasteiger partial charge in [0.2, 0.25) is 5.91 Å². The molecule has 0 aliphatic heterocycles. The monoisotopic (exact) mass is 215 g/mol. The van der Waals surface area contributed by atoms with Crippen LogP contribution in [0.1, 0.15) is 30.9 Å². The van der Waals surface area contributed by atoms with Crippen molar-refractivity contribution in [3.63, 3.8) is 0 Å². The third-order valence-electron chi connectivity index (χ3n) is 2.67. The lowest BCUT2D eigenvalue weighted by molar-refractivity contribution is -0.116. The third kappa shape index (κ3) is 3.12. The summed E-state index contributed by atoms with van der Waals surface area (Å²) in [4.78, 5) is 11.8. The van der Waals surface area contributed by atoms with Crippen LogP contribution >= 0.6 is 0 Å². The van der Waals surface area contributed by atoms with Crippen molar-refractivity contribution in [2.45, 2.75) is 39.4 Å². The van der Waals surface area contributed by atoms with Gasteiger partial charge in [-0.15, -0.1) is 0 Å². The molecule has 3 heteroatoms. The van der Waals surface area contributed by atoms with Gasteiger partial charge in [-0.1, -0.05) is 31.5 Å². The molecule has 1 N–H and O–H groups in total. The standard InChI is InChI=1S/C13H18BNO/c1-4-6-11(14)13(16)15-12-9(2)7-5-8-10(12)3/h5,7-8,11H,4,6H2,1-3H3,(H,15,16). The molecule has 0 spiro atoms. The number of nitrogens with one attached hydrogen (secondary N) is 1. The number of rotatable bonds is 4. The highest BCUT2D eigenvalue weighted by molar-refractivity contribution is 6.26. The molecule has 0 saturated carbocycles. The fourth-order valence-corrected chi connectivity index (χ4v) is 1.67. The average molecular weight is 215 g/mol. The van der Waals surface area contributed by atoms with Gasteiger partial charge in [-0.05, 0) is 31.4 Å². The number of aryl methyl sites for hydroxylation is 2. The number of hydrogen-bond acceptors (Lipinski definition) is 1. The van der Waals surface area contributed by atoms with Gasteiger partial charge in [0, 0.05) is 11.5 Å². The van der Waals surface area contributed by atoms with Crippen LogP contribution in [0.3, 0.4) is 0 Å². The molecule has 1 unspecified atom stereocenters. The molecular formula is C13H18BNO. The van der Waals surface area contributed by atoms with E-state index in [9.17, 15) is 4.79 Å². The summed E-state index contributed by atoms with van der Waals surface area (Å²) in [6.45, 7) is 5.98. The molecule has 2 nitrogen and oxygen atoms in total. The molecule has 0 aromatic heterocycles. The van der Waals surface area contributed by atoms with Crippen LogP contribution in [0.2, 0.25) is 5.82 Å². The summed E-state index contributed by atoms with van der Waals surface area (Å²) in [6.07, 6.45) is 1.64. The predicted octanol–water partition coefficient (Wildman–Crippen LogP) is 3.00. The van der Waals surface area contributed by atoms with E-state index in [0.717, 1.165) is 29.7 Å². The van der Waals surface area contributed by atoms with Crippen LogP contribution in [0.15, 0.2) is 18.2 Å². The van der Waals surface area contributed by atoms with Crippen LogP contribution in [0.25, 0.3) is 0 Å². The van der Waals surface area contributed by atoms with Crippen molar-refractivity contribution in [2.24, 2.45) is 0 Å². The van der Waals surface area contributed by atoms with Crippen molar-refractivity contribution in [1.82, 2.24) is 0 Å². The number of hydrogen-bond donors (Lipinski definition) is 1. The Balaban J connectivity index is 2.77. The van der Waals surface area contributed by atoms with Crippen molar-refractivity contribution < 1.29 is 4.79 Å². The molecule has 0 bridgehead atoms. The minimum Gasteiger partial charge on any atom is -0.326 e. The van der Waals surface area contributed by atoms with Gasteiger partial charge in [-0.2, -0.15) is 0 Å². The van der Waals surface area contributed by atoms with E-state index in [1.807, 2.05) is 39.0 Å². The van der Waals surface area contributed by atoms with E-state index in [4.69, 9.17) is 7.85 Å². The Hall–Kier alpha value is -1.25. The number of amides is 1. The zero-order valence-corrected chi connectivity index (χ0v) is 10.2. The first-order valence-corrected chi connectivity index (χ1v) is 5.69. The Morgan fingerprint density at radius 2 is 1.94 bits per heavy atom. The lowest BCUT2D eigenvalue weighted by atomic mass is 9.82. The zero-order valence-electron chi connectivity index (χ0n) is 10.2. The van der Waals surface area contributed by atoms with Crippen molar-refractivity contribution in [2.75, 3.05) is 5.32 Å². The Morgan fingerprint density at radius 3 is 2.44 bits per heavy atom. The largest absolute Gasteiger partial charge is 0.326 e. The first-order valence-electron chi connectivity index (χ1n) is 5.69. The SMILES string of the molecule is [B]C(CCC)C(=O)Nc1c(C)cccc1C. The van der Waals surface area contributed by atoms with Gasteiger partial charge in [0.25, 0.3) is 0 Å². The van der Waals surface area contributed by atoms with Gasteiger partial charge >= 0.3 is 0 Å². The van der Waals surface area contributed by atoms with E-state index < -0.39 is 5.82 Å². The summed E-state index contributed by atoms with van der Waals surface area (Å²) in [5, 5.41) is 2.90. The molecule has 2 radical (unpaired) electrons. The maximum atomic E-state index is 11.8. The second-order valence-electron chi connectivity index (χ2n) is 4.15. The van der Waals surface area contributed by atoms with Crippen molar-refractivity contribution in [3.05, 3.63) is 29.3 Å². The number of anilines is 1. The topological polar surface area (TPSA) is 29.1 Å². The second kappa shape index (κ2) is 5.73. The summed E-state index contributed by atoms with van der Waals surface area (Å²) in [7, 11) is 5.76. The second-order valence-corrected chi connectivity index (χ2v) is 4.15. The van der Waals surface area contributed by atoms with Gasteiger partial charge in [0.05, 0.1) is 7.85 Å². The molecular weight excluding hydrogens is 197 g/mol. The number of para-hydroxylation sites is 1. The van der Waals surface area contributed by atoms with Crippen molar-refractivity contribution in [3.8, 4) is 0 Å². The molecule has 0 heterocycles. The number of carbonyl (C=O) groups excluding carboxylic acids is 1. The van der Waals surface area contributed by atoms with E-state index in [1.165, 1.54) is 0 Å². The van der Waals surface area contributed by atoms with Gasteiger partial charge in [-0.3, -0.25) is 4.79 Å². The maximum Gasteiger partial charge on any atom is 0.218 e. The van der Waals surface area contributed by atoms with E-state index in [0.29, 0.717) is 0 Å². The molecule has 84 valence electrons. The summed E-state index contributed by atoms with van der Waals surface area (Å²) in [5.41, 5.74) is 3.02. The minimum atomic E-state index is -0.413. The minimum absolute atomic E-state index is 0.0979. The molecule has 16 heavy (non-hydrogen) atoms. The van der Waals surface area contributed by atoms with Crippen LogP contribution in [0.4, 0.5) is 5.69 Å². The normalized spacial score (nSPS) is 12.2. The van der Waals surface area contributed by atoms with Crippen LogP contribution in [0, 0.1) is 13.8 Å². The van der Waals surface area contributed by atoms with Crippen molar-refractivity contribution >= 4 is 19.4 Å². The van der Waals surface area contributed by atoms with Gasteiger partial charge in [0.1, 0.15) is 0 Å². The summed E-state index contributed by atoms with van der Waals surface area (Å²) in [6, 6.07) is 5.94. The van der Waals surface area contributed by atoms with Crippen LogP contribution in [-0.4, -0.2) is 13.8 Å². The number of carbonyl (C=O) groups is 1. The molecule has 0 aliphatic carbocycles. The molecule has 1 amide bonds. The highest BCUT2D eigenvalue weighted by atomic mass is 16.1. The Labute approximate surface area is 98.8 Å². The zero-order chi connectivity index (χ0) is 12.1. The molecule has 1 aromatic carbocycles. The van der Waals surface area contributed by atoms with Gasteiger partial charge in [-0.25, -0.2) is 0 Å². The van der Waals surface area contributed by atoms with Crippen LogP contribution in [-0.2, 0) is 4.79 Å². The molecule has 1 aromatic rings. The third-order valence-corrected chi connectivity index (χ3v) is 2.67. The molecule has 0 aliphatic rings. The van der Waals surface area contributed by atoms with E-state index >= 15 is 0 Å². The van der Waals surface area contributed by atoms with Crippen LogP contribution < -0.4 is 5.32 Å². The first kappa shape index (κ1) is 12.8. The highest BCUT2D eigenvalue weighted by Crippen LogP contribution is 2.21. The molecule has 1 atom stereocenters. The molecule has 0 saturated heterocycles. The summed E-state index contributed by atoms with van der Waals surface area (Å²) < 4.78 is 0. The van der Waals surface area contributed by atoms with E-state index in [1.54, 1.807) is 0 Å². The van der Waals surface area contributed by atoms with E-state index in [-0.39, 0.29) is 5.91 Å². The molecule has 0 fully saturated rings. The van der Waals surface area contributed by atoms with Crippen LogP contribution in [0.5, 0.6) is 0 Å². The summed E-state index contributed by atoms with van der Waals surface area (Å²) in [5.74, 6) is -0.511. The van der Waals surface area contributed by atoms with E-state index in [2.05, 4.69) is 5.32 Å². The Kier molecular flexibility index (Phi) is 4.60. The van der Waals surface area contributed by atoms with Gasteiger partial charge < -0.3 is 5.32 Å². The van der Waals surface area contributed by atoms with Gasteiger partial charge in [0.15, 0.2) is 0 Å². The highest BCUT2D eigenvalue weighted by Gasteiger charge is 2.13. The Bertz CT molecular complexity index is 356. The fourth-order valence-electron chi connectivity index (χ4n) is 1.67. The first-order chi connectivity index (χ1) is 7.56. The predicted molar refractivity (Wildman–Crippen MR) is 69.0 cm³/mol. The molecule has 1 rings (SSSR count). The number of benzene rings is 1. The van der Waals surface area contributed by atoms with Crippen molar-refractivity contribution in [1.29, 1.82) is 0 Å². The average Bonchev–Trinajstić information content (AvgIpc) is 2.23. The smallest absolute Gasteiger partial charge is 0.218 e. The summed E-state index contributed by atoms with van der Waals surface area (Å²) >= 11 is 0. The lowest BCUT2D eigenvalue weighted by Crippen LogP contribution is -2.19.